The van der Waals surface area contributed by atoms with Crippen molar-refractivity contribution in [3.63, 3.8) is 0 Å². The number of amides is 1. The van der Waals surface area contributed by atoms with Crippen LogP contribution in [0.5, 0.6) is 5.75 Å². The van der Waals surface area contributed by atoms with Crippen LogP contribution in [-0.2, 0) is 13.1 Å². The lowest BCUT2D eigenvalue weighted by Gasteiger charge is -2.19. The van der Waals surface area contributed by atoms with Crippen LogP contribution >= 0.6 is 0 Å². The predicted octanol–water partition coefficient (Wildman–Crippen LogP) is 2.49. The molecule has 2 aromatic rings. The molecule has 0 radical (unpaired) electrons. The number of benzene rings is 1. The van der Waals surface area contributed by atoms with Gasteiger partial charge in [0.2, 0.25) is 0 Å². The Kier molecular flexibility index (Phi) is 4.62. The molecule has 1 aromatic heterocycles. The molecule has 112 valence electrons. The highest BCUT2D eigenvalue weighted by atomic mass is 16.5. The third kappa shape index (κ3) is 3.07. The quantitative estimate of drug-likeness (QED) is 0.849. The lowest BCUT2D eigenvalue weighted by atomic mass is 10.1. The van der Waals surface area contributed by atoms with Crippen LogP contribution in [0.4, 0.5) is 0 Å². The second kappa shape index (κ2) is 6.43. The van der Waals surface area contributed by atoms with Crippen molar-refractivity contribution in [2.45, 2.75) is 26.9 Å². The SMILES string of the molecule is CCn1nccc1CN(C)C(=O)c1cccc(OC)c1C. The van der Waals surface area contributed by atoms with E-state index in [2.05, 4.69) is 5.10 Å². The van der Waals surface area contributed by atoms with E-state index in [0.29, 0.717) is 12.1 Å². The molecule has 0 bridgehead atoms. The topological polar surface area (TPSA) is 47.4 Å². The Labute approximate surface area is 125 Å². The number of hydrogen-bond acceptors (Lipinski definition) is 3. The zero-order valence-corrected chi connectivity index (χ0v) is 13.0. The van der Waals surface area contributed by atoms with E-state index in [0.717, 1.165) is 23.6 Å². The van der Waals surface area contributed by atoms with Crippen molar-refractivity contribution in [2.24, 2.45) is 0 Å². The first-order valence-electron chi connectivity index (χ1n) is 6.98. The molecule has 0 fully saturated rings. The molecule has 0 saturated heterocycles. The van der Waals surface area contributed by atoms with Gasteiger partial charge in [-0.05, 0) is 32.0 Å². The van der Waals surface area contributed by atoms with Crippen molar-refractivity contribution >= 4 is 5.91 Å². The largest absolute Gasteiger partial charge is 0.496 e. The van der Waals surface area contributed by atoms with Crippen molar-refractivity contribution in [1.29, 1.82) is 0 Å². The Morgan fingerprint density at radius 1 is 1.38 bits per heavy atom. The second-order valence-electron chi connectivity index (χ2n) is 4.93. The third-order valence-corrected chi connectivity index (χ3v) is 3.58. The molecule has 1 heterocycles. The number of carbonyl (C=O) groups excluding carboxylic acids is 1. The number of nitrogens with zero attached hydrogens (tertiary/aromatic N) is 3. The van der Waals surface area contributed by atoms with Gasteiger partial charge < -0.3 is 9.64 Å². The first-order chi connectivity index (χ1) is 10.1. The number of ether oxygens (including phenoxy) is 1. The smallest absolute Gasteiger partial charge is 0.254 e. The molecule has 0 atom stereocenters. The number of rotatable bonds is 5. The Hall–Kier alpha value is -2.30. The van der Waals surface area contributed by atoms with Gasteiger partial charge in [0.15, 0.2) is 0 Å². The van der Waals surface area contributed by atoms with Gasteiger partial charge in [-0.1, -0.05) is 6.07 Å². The summed E-state index contributed by atoms with van der Waals surface area (Å²) in [5.41, 5.74) is 2.55. The molecule has 0 spiro atoms. The van der Waals surface area contributed by atoms with Crippen LogP contribution in [0.3, 0.4) is 0 Å². The van der Waals surface area contributed by atoms with E-state index in [1.165, 1.54) is 0 Å². The van der Waals surface area contributed by atoms with Crippen molar-refractivity contribution in [2.75, 3.05) is 14.2 Å². The first kappa shape index (κ1) is 15.1. The molecule has 0 aliphatic carbocycles. The van der Waals surface area contributed by atoms with Crippen LogP contribution in [0, 0.1) is 6.92 Å². The zero-order valence-electron chi connectivity index (χ0n) is 13.0. The van der Waals surface area contributed by atoms with Crippen LogP contribution < -0.4 is 4.74 Å². The summed E-state index contributed by atoms with van der Waals surface area (Å²) in [6.45, 7) is 5.26. The molecule has 0 aliphatic rings. The predicted molar refractivity (Wildman–Crippen MR) is 81.4 cm³/mol. The third-order valence-electron chi connectivity index (χ3n) is 3.58. The molecule has 0 saturated carbocycles. The standard InChI is InChI=1S/C16H21N3O2/c1-5-19-13(9-10-17-19)11-18(3)16(20)14-7-6-8-15(21-4)12(14)2/h6-10H,5,11H2,1-4H3. The molecule has 21 heavy (non-hydrogen) atoms. The highest BCUT2D eigenvalue weighted by molar-refractivity contribution is 5.96. The van der Waals surface area contributed by atoms with E-state index in [1.54, 1.807) is 25.3 Å². The molecule has 1 amide bonds. The summed E-state index contributed by atoms with van der Waals surface area (Å²) in [6.07, 6.45) is 1.76. The molecule has 1 aromatic carbocycles. The fourth-order valence-corrected chi connectivity index (χ4v) is 2.37. The van der Waals surface area contributed by atoms with Gasteiger partial charge in [0.05, 0.1) is 19.3 Å². The van der Waals surface area contributed by atoms with Gasteiger partial charge in [0.25, 0.3) is 5.91 Å². The van der Waals surface area contributed by atoms with Gasteiger partial charge in [0.1, 0.15) is 5.75 Å². The van der Waals surface area contributed by atoms with Crippen molar-refractivity contribution in [3.8, 4) is 5.75 Å². The highest BCUT2D eigenvalue weighted by Crippen LogP contribution is 2.22. The van der Waals surface area contributed by atoms with E-state index in [-0.39, 0.29) is 5.91 Å². The molecule has 0 unspecified atom stereocenters. The molecular formula is C16H21N3O2. The van der Waals surface area contributed by atoms with Gasteiger partial charge in [-0.3, -0.25) is 9.48 Å². The molecule has 0 aliphatic heterocycles. The van der Waals surface area contributed by atoms with Crippen molar-refractivity contribution in [3.05, 3.63) is 47.3 Å². The fraction of sp³-hybridized carbons (Fsp3) is 0.375. The minimum Gasteiger partial charge on any atom is -0.496 e. The Balaban J connectivity index is 2.20. The normalized spacial score (nSPS) is 10.5. The maximum absolute atomic E-state index is 12.6. The van der Waals surface area contributed by atoms with E-state index in [4.69, 9.17) is 4.74 Å². The maximum atomic E-state index is 12.6. The lowest BCUT2D eigenvalue weighted by molar-refractivity contribution is 0.0780. The fourth-order valence-electron chi connectivity index (χ4n) is 2.37. The van der Waals surface area contributed by atoms with Gasteiger partial charge >= 0.3 is 0 Å². The molecule has 0 N–H and O–H groups in total. The molecule has 5 nitrogen and oxygen atoms in total. The summed E-state index contributed by atoms with van der Waals surface area (Å²) in [7, 11) is 3.41. The number of methoxy groups -OCH3 is 1. The van der Waals surface area contributed by atoms with Gasteiger partial charge in [-0.25, -0.2) is 0 Å². The van der Waals surface area contributed by atoms with Crippen molar-refractivity contribution in [1.82, 2.24) is 14.7 Å². The summed E-state index contributed by atoms with van der Waals surface area (Å²) in [5, 5.41) is 4.22. The Bertz CT molecular complexity index is 634. The van der Waals surface area contributed by atoms with Crippen LogP contribution in [0.15, 0.2) is 30.5 Å². The van der Waals surface area contributed by atoms with Gasteiger partial charge in [-0.15, -0.1) is 0 Å². The highest BCUT2D eigenvalue weighted by Gasteiger charge is 2.17. The minimum absolute atomic E-state index is 0.0183. The van der Waals surface area contributed by atoms with Crippen LogP contribution in [0.25, 0.3) is 0 Å². The van der Waals surface area contributed by atoms with Crippen LogP contribution in [0.1, 0.15) is 28.5 Å². The first-order valence-corrected chi connectivity index (χ1v) is 6.98. The van der Waals surface area contributed by atoms with Crippen LogP contribution in [-0.4, -0.2) is 34.7 Å². The summed E-state index contributed by atoms with van der Waals surface area (Å²) in [4.78, 5) is 14.3. The van der Waals surface area contributed by atoms with Gasteiger partial charge in [-0.2, -0.15) is 5.10 Å². The maximum Gasteiger partial charge on any atom is 0.254 e. The molecule has 5 heteroatoms. The monoisotopic (exact) mass is 287 g/mol. The van der Waals surface area contributed by atoms with E-state index >= 15 is 0 Å². The Morgan fingerprint density at radius 2 is 2.14 bits per heavy atom. The summed E-state index contributed by atoms with van der Waals surface area (Å²) in [6, 6.07) is 7.46. The summed E-state index contributed by atoms with van der Waals surface area (Å²) >= 11 is 0. The molecule has 2 rings (SSSR count). The summed E-state index contributed by atoms with van der Waals surface area (Å²) in [5.74, 6) is 0.711. The average molecular weight is 287 g/mol. The van der Waals surface area contributed by atoms with E-state index in [9.17, 15) is 4.79 Å². The average Bonchev–Trinajstić information content (AvgIpc) is 2.94. The Morgan fingerprint density at radius 3 is 2.81 bits per heavy atom. The number of aromatic nitrogens is 2. The van der Waals surface area contributed by atoms with E-state index < -0.39 is 0 Å². The lowest BCUT2D eigenvalue weighted by Crippen LogP contribution is -2.28. The van der Waals surface area contributed by atoms with Gasteiger partial charge in [0, 0.05) is 30.9 Å². The zero-order chi connectivity index (χ0) is 15.4. The van der Waals surface area contributed by atoms with E-state index in [1.807, 2.05) is 42.8 Å². The second-order valence-corrected chi connectivity index (χ2v) is 4.93. The number of carbonyl (C=O) groups is 1. The minimum atomic E-state index is -0.0183. The van der Waals surface area contributed by atoms with Crippen LogP contribution in [0.2, 0.25) is 0 Å². The molecular weight excluding hydrogens is 266 g/mol. The van der Waals surface area contributed by atoms with Crippen molar-refractivity contribution < 1.29 is 9.53 Å². The number of aryl methyl sites for hydroxylation is 1. The number of hydrogen-bond donors (Lipinski definition) is 0. The summed E-state index contributed by atoms with van der Waals surface area (Å²) < 4.78 is 7.16.